The van der Waals surface area contributed by atoms with Gasteiger partial charge in [-0.1, -0.05) is 0 Å². The second-order valence-corrected chi connectivity index (χ2v) is 4.67. The van der Waals surface area contributed by atoms with Crippen molar-refractivity contribution in [1.29, 1.82) is 0 Å². The fourth-order valence-corrected chi connectivity index (χ4v) is 2.61. The number of nitrogens with zero attached hydrogens (tertiary/aromatic N) is 2. The number of fused-ring (bicyclic) bond motifs is 1. The van der Waals surface area contributed by atoms with E-state index in [0.717, 1.165) is 20.8 Å². The molecule has 0 amide bonds. The Hall–Kier alpha value is -1.88. The molecule has 0 fully saturated rings. The van der Waals surface area contributed by atoms with Crippen LogP contribution in [0.5, 0.6) is 5.75 Å². The highest BCUT2D eigenvalue weighted by atomic mass is 32.1. The van der Waals surface area contributed by atoms with E-state index in [2.05, 4.69) is 9.97 Å². The van der Waals surface area contributed by atoms with Crippen LogP contribution in [0.4, 0.5) is 0 Å². The summed E-state index contributed by atoms with van der Waals surface area (Å²) in [5, 5.41) is 10.3. The van der Waals surface area contributed by atoms with E-state index in [1.165, 1.54) is 11.3 Å². The molecule has 0 unspecified atom stereocenters. The van der Waals surface area contributed by atoms with Gasteiger partial charge in [-0.3, -0.25) is 4.98 Å². The van der Waals surface area contributed by atoms with Gasteiger partial charge in [-0.05, 0) is 35.9 Å². The van der Waals surface area contributed by atoms with E-state index >= 15 is 0 Å². The predicted octanol–water partition coefficient (Wildman–Crippen LogP) is 1.86. The standard InChI is InChI=1S/C12H7BN2OS/c13-11-5-7(3-4-14-11)12-15-9-2-1-8(16)6-10(9)17-12/h1-6,16H. The molecule has 0 aliphatic rings. The van der Waals surface area contributed by atoms with Crippen molar-refractivity contribution in [1.82, 2.24) is 9.97 Å². The van der Waals surface area contributed by atoms with Gasteiger partial charge < -0.3 is 5.11 Å². The second kappa shape index (κ2) is 3.85. The molecule has 1 aromatic carbocycles. The maximum absolute atomic E-state index is 9.40. The summed E-state index contributed by atoms with van der Waals surface area (Å²) in [4.78, 5) is 8.44. The molecule has 80 valence electrons. The minimum Gasteiger partial charge on any atom is -0.508 e. The molecule has 3 nitrogen and oxygen atoms in total. The molecule has 1 N–H and O–H groups in total. The molecule has 0 aliphatic heterocycles. The number of aromatic hydroxyl groups is 1. The molecular formula is C12H7BN2OS. The van der Waals surface area contributed by atoms with Crippen LogP contribution in [0.2, 0.25) is 0 Å². The Labute approximate surface area is 103 Å². The summed E-state index contributed by atoms with van der Waals surface area (Å²) in [6.45, 7) is 0. The van der Waals surface area contributed by atoms with Crippen molar-refractivity contribution in [3.05, 3.63) is 36.5 Å². The normalized spacial score (nSPS) is 10.8. The van der Waals surface area contributed by atoms with Crippen LogP contribution in [0.3, 0.4) is 0 Å². The number of benzene rings is 1. The summed E-state index contributed by atoms with van der Waals surface area (Å²) < 4.78 is 0.954. The third-order valence-electron chi connectivity index (χ3n) is 2.40. The number of pyridine rings is 1. The summed E-state index contributed by atoms with van der Waals surface area (Å²) in [6.07, 6.45) is 1.66. The quantitative estimate of drug-likeness (QED) is 0.658. The van der Waals surface area contributed by atoms with E-state index in [0.29, 0.717) is 5.59 Å². The van der Waals surface area contributed by atoms with Gasteiger partial charge >= 0.3 is 0 Å². The number of hydrogen-bond donors (Lipinski definition) is 1. The Bertz CT molecular complexity index is 696. The predicted molar refractivity (Wildman–Crippen MR) is 69.9 cm³/mol. The maximum atomic E-state index is 9.40. The number of phenols is 1. The maximum Gasteiger partial charge on any atom is 0.141 e. The van der Waals surface area contributed by atoms with Crippen LogP contribution in [-0.4, -0.2) is 22.9 Å². The lowest BCUT2D eigenvalue weighted by Crippen LogP contribution is -2.06. The largest absolute Gasteiger partial charge is 0.508 e. The monoisotopic (exact) mass is 238 g/mol. The molecule has 0 bridgehead atoms. The van der Waals surface area contributed by atoms with Gasteiger partial charge in [-0.15, -0.1) is 11.3 Å². The lowest BCUT2D eigenvalue weighted by molar-refractivity contribution is 0.476. The van der Waals surface area contributed by atoms with Crippen molar-refractivity contribution < 1.29 is 5.11 Å². The first-order valence-corrected chi connectivity index (χ1v) is 5.85. The van der Waals surface area contributed by atoms with Gasteiger partial charge in [0.25, 0.3) is 0 Å². The average Bonchev–Trinajstić information content (AvgIpc) is 2.72. The first kappa shape index (κ1) is 10.3. The van der Waals surface area contributed by atoms with Gasteiger partial charge in [-0.2, -0.15) is 0 Å². The van der Waals surface area contributed by atoms with E-state index in [1.54, 1.807) is 30.5 Å². The lowest BCUT2D eigenvalue weighted by Gasteiger charge is -1.96. The molecule has 17 heavy (non-hydrogen) atoms. The van der Waals surface area contributed by atoms with Crippen molar-refractivity contribution in [3.8, 4) is 16.3 Å². The molecule has 2 aromatic heterocycles. The number of rotatable bonds is 1. The SMILES string of the molecule is [B]c1cc(-c2nc3ccc(O)cc3s2)ccn1. The zero-order valence-electron chi connectivity index (χ0n) is 8.79. The van der Waals surface area contributed by atoms with E-state index in [-0.39, 0.29) is 5.75 Å². The van der Waals surface area contributed by atoms with Crippen molar-refractivity contribution in [2.45, 2.75) is 0 Å². The van der Waals surface area contributed by atoms with Gasteiger partial charge in [0, 0.05) is 11.8 Å². The van der Waals surface area contributed by atoms with Crippen molar-refractivity contribution in [2.75, 3.05) is 0 Å². The lowest BCUT2D eigenvalue weighted by atomic mass is 10.0. The first-order valence-electron chi connectivity index (χ1n) is 5.04. The number of hydrogen-bond acceptors (Lipinski definition) is 4. The van der Waals surface area contributed by atoms with Gasteiger partial charge in [0.2, 0.25) is 0 Å². The zero-order chi connectivity index (χ0) is 11.8. The van der Waals surface area contributed by atoms with E-state index < -0.39 is 0 Å². The average molecular weight is 238 g/mol. The van der Waals surface area contributed by atoms with Crippen molar-refractivity contribution >= 4 is 35.0 Å². The van der Waals surface area contributed by atoms with Gasteiger partial charge in [0.05, 0.1) is 10.2 Å². The van der Waals surface area contributed by atoms with Crippen LogP contribution in [-0.2, 0) is 0 Å². The third kappa shape index (κ3) is 1.89. The molecule has 0 saturated heterocycles. The highest BCUT2D eigenvalue weighted by Gasteiger charge is 2.06. The van der Waals surface area contributed by atoms with Crippen molar-refractivity contribution in [2.24, 2.45) is 0 Å². The number of aromatic nitrogens is 2. The molecule has 2 heterocycles. The van der Waals surface area contributed by atoms with Gasteiger partial charge in [0.15, 0.2) is 0 Å². The Morgan fingerprint density at radius 3 is 2.88 bits per heavy atom. The number of phenolic OH excluding ortho intramolecular Hbond substituents is 1. The summed E-state index contributed by atoms with van der Waals surface area (Å²) in [7, 11) is 5.64. The minimum atomic E-state index is 0.252. The molecule has 3 rings (SSSR count). The van der Waals surface area contributed by atoms with Crippen LogP contribution in [0.1, 0.15) is 0 Å². The topological polar surface area (TPSA) is 46.0 Å². The molecule has 0 saturated carbocycles. The van der Waals surface area contributed by atoms with E-state index in [1.807, 2.05) is 6.07 Å². The Kier molecular flexibility index (Phi) is 2.33. The van der Waals surface area contributed by atoms with Crippen LogP contribution in [0.15, 0.2) is 36.5 Å². The molecular weight excluding hydrogens is 231 g/mol. The fourth-order valence-electron chi connectivity index (χ4n) is 1.62. The second-order valence-electron chi connectivity index (χ2n) is 3.64. The summed E-state index contributed by atoms with van der Waals surface area (Å²) in [6, 6.07) is 8.80. The van der Waals surface area contributed by atoms with Crippen LogP contribution in [0.25, 0.3) is 20.8 Å². The summed E-state index contributed by atoms with van der Waals surface area (Å²) in [5.41, 5.74) is 2.29. The zero-order valence-corrected chi connectivity index (χ0v) is 9.61. The van der Waals surface area contributed by atoms with Crippen LogP contribution < -0.4 is 5.59 Å². The minimum absolute atomic E-state index is 0.252. The molecule has 2 radical (unpaired) electrons. The molecule has 0 aliphatic carbocycles. The molecule has 3 aromatic rings. The molecule has 0 atom stereocenters. The summed E-state index contributed by atoms with van der Waals surface area (Å²) in [5.74, 6) is 0.252. The Balaban J connectivity index is 2.18. The number of thiazole rings is 1. The van der Waals surface area contributed by atoms with Crippen LogP contribution >= 0.6 is 11.3 Å². The molecule has 5 heteroatoms. The van der Waals surface area contributed by atoms with E-state index in [9.17, 15) is 5.11 Å². The smallest absolute Gasteiger partial charge is 0.141 e. The Morgan fingerprint density at radius 2 is 2.06 bits per heavy atom. The summed E-state index contributed by atoms with van der Waals surface area (Å²) >= 11 is 1.52. The van der Waals surface area contributed by atoms with Crippen molar-refractivity contribution in [3.63, 3.8) is 0 Å². The fraction of sp³-hybridized carbons (Fsp3) is 0. The Morgan fingerprint density at radius 1 is 1.18 bits per heavy atom. The highest BCUT2D eigenvalue weighted by molar-refractivity contribution is 7.21. The third-order valence-corrected chi connectivity index (χ3v) is 3.47. The first-order chi connectivity index (χ1) is 8.22. The van der Waals surface area contributed by atoms with Gasteiger partial charge in [-0.25, -0.2) is 4.98 Å². The van der Waals surface area contributed by atoms with E-state index in [4.69, 9.17) is 7.85 Å². The van der Waals surface area contributed by atoms with Crippen LogP contribution in [0, 0.1) is 0 Å². The molecule has 0 spiro atoms. The van der Waals surface area contributed by atoms with Gasteiger partial charge in [0.1, 0.15) is 18.6 Å². The highest BCUT2D eigenvalue weighted by Crippen LogP contribution is 2.31.